The molecule has 1 N–H and O–H groups in total. The number of ether oxygens (including phenoxy) is 1. The average molecular weight is 339 g/mol. The molecule has 6 heteroatoms. The third-order valence-corrected chi connectivity index (χ3v) is 4.19. The van der Waals surface area contributed by atoms with Crippen LogP contribution in [0.25, 0.3) is 0 Å². The maximum absolute atomic E-state index is 11.0. The molecule has 1 fully saturated rings. The van der Waals surface area contributed by atoms with Crippen molar-refractivity contribution in [2.75, 3.05) is 12.4 Å². The van der Waals surface area contributed by atoms with Gasteiger partial charge >= 0.3 is 0 Å². The SMILES string of the molecule is O=C1CSC(=NN=Cc2ccc(OCCc3ccccc3)cc2)N1. The molecule has 1 saturated heterocycles. The second-order valence-corrected chi connectivity index (χ2v) is 6.10. The standard InChI is InChI=1S/C18H17N3O2S/c22-17-13-24-18(20-17)21-19-12-15-6-8-16(9-7-15)23-11-10-14-4-2-1-3-5-14/h1-9,12H,10-11,13H2,(H,20,21,22). The minimum atomic E-state index is -0.0362. The molecule has 0 unspecified atom stereocenters. The van der Waals surface area contributed by atoms with Crippen molar-refractivity contribution in [1.82, 2.24) is 5.32 Å². The zero-order valence-electron chi connectivity index (χ0n) is 13.0. The number of nitrogens with zero attached hydrogens (tertiary/aromatic N) is 2. The van der Waals surface area contributed by atoms with Crippen molar-refractivity contribution in [2.45, 2.75) is 6.42 Å². The minimum Gasteiger partial charge on any atom is -0.493 e. The summed E-state index contributed by atoms with van der Waals surface area (Å²) in [5.74, 6) is 1.20. The third kappa shape index (κ3) is 4.96. The maximum Gasteiger partial charge on any atom is 0.236 e. The topological polar surface area (TPSA) is 63.0 Å². The molecule has 24 heavy (non-hydrogen) atoms. The number of hydrogen-bond acceptors (Lipinski definition) is 5. The van der Waals surface area contributed by atoms with Gasteiger partial charge in [-0.05, 0) is 35.4 Å². The normalized spacial score (nSPS) is 15.8. The van der Waals surface area contributed by atoms with Gasteiger partial charge in [0.15, 0.2) is 5.17 Å². The fourth-order valence-corrected chi connectivity index (χ4v) is 2.74. The molecule has 1 heterocycles. The summed E-state index contributed by atoms with van der Waals surface area (Å²) in [5, 5.41) is 11.1. The number of carbonyl (C=O) groups excluding carboxylic acids is 1. The summed E-state index contributed by atoms with van der Waals surface area (Å²) in [6.07, 6.45) is 2.52. The Morgan fingerprint density at radius 1 is 1.12 bits per heavy atom. The maximum atomic E-state index is 11.0. The van der Waals surface area contributed by atoms with Crippen LogP contribution in [0.15, 0.2) is 64.8 Å². The van der Waals surface area contributed by atoms with Crippen molar-refractivity contribution in [3.05, 3.63) is 65.7 Å². The monoisotopic (exact) mass is 339 g/mol. The predicted octanol–water partition coefficient (Wildman–Crippen LogP) is 2.86. The first kappa shape index (κ1) is 16.3. The van der Waals surface area contributed by atoms with Gasteiger partial charge in [-0.1, -0.05) is 42.1 Å². The number of nitrogens with one attached hydrogen (secondary N) is 1. The highest BCUT2D eigenvalue weighted by Crippen LogP contribution is 2.12. The Kier molecular flexibility index (Phi) is 5.63. The van der Waals surface area contributed by atoms with E-state index in [0.717, 1.165) is 17.7 Å². The van der Waals surface area contributed by atoms with Crippen molar-refractivity contribution >= 4 is 29.1 Å². The Morgan fingerprint density at radius 2 is 1.92 bits per heavy atom. The highest BCUT2D eigenvalue weighted by molar-refractivity contribution is 8.15. The number of rotatable bonds is 6. The lowest BCUT2D eigenvalue weighted by atomic mass is 10.2. The largest absolute Gasteiger partial charge is 0.493 e. The first-order chi connectivity index (χ1) is 11.8. The first-order valence-corrected chi connectivity index (χ1v) is 8.58. The quantitative estimate of drug-likeness (QED) is 0.650. The zero-order chi connectivity index (χ0) is 16.6. The van der Waals surface area contributed by atoms with Crippen LogP contribution in [0.3, 0.4) is 0 Å². The van der Waals surface area contributed by atoms with Crippen LogP contribution in [0.1, 0.15) is 11.1 Å². The Bertz CT molecular complexity index is 743. The third-order valence-electron chi connectivity index (χ3n) is 3.32. The fourth-order valence-electron chi connectivity index (χ4n) is 2.11. The molecule has 1 aliphatic heterocycles. The molecule has 0 saturated carbocycles. The molecule has 2 aromatic carbocycles. The van der Waals surface area contributed by atoms with E-state index in [4.69, 9.17) is 4.74 Å². The van der Waals surface area contributed by atoms with Crippen molar-refractivity contribution in [1.29, 1.82) is 0 Å². The number of hydrogen-bond donors (Lipinski definition) is 1. The van der Waals surface area contributed by atoms with Gasteiger partial charge in [-0.2, -0.15) is 5.10 Å². The van der Waals surface area contributed by atoms with Crippen molar-refractivity contribution in [3.63, 3.8) is 0 Å². The van der Waals surface area contributed by atoms with Crippen molar-refractivity contribution < 1.29 is 9.53 Å². The van der Waals surface area contributed by atoms with E-state index in [0.29, 0.717) is 17.5 Å². The molecule has 0 radical (unpaired) electrons. The molecule has 0 aromatic heterocycles. The first-order valence-electron chi connectivity index (χ1n) is 7.60. The molecule has 5 nitrogen and oxygen atoms in total. The van der Waals surface area contributed by atoms with Crippen LogP contribution in [-0.2, 0) is 11.2 Å². The van der Waals surface area contributed by atoms with Gasteiger partial charge in [0.2, 0.25) is 5.91 Å². The lowest BCUT2D eigenvalue weighted by molar-refractivity contribution is -0.116. The summed E-state index contributed by atoms with van der Waals surface area (Å²) in [4.78, 5) is 11.0. The van der Waals surface area contributed by atoms with Crippen LogP contribution in [0.2, 0.25) is 0 Å². The van der Waals surface area contributed by atoms with Crippen molar-refractivity contribution in [2.24, 2.45) is 10.2 Å². The number of thioether (sulfide) groups is 1. The van der Waals surface area contributed by atoms with Gasteiger partial charge in [0.1, 0.15) is 5.75 Å². The molecular formula is C18H17N3O2S. The highest BCUT2D eigenvalue weighted by atomic mass is 32.2. The molecular weight excluding hydrogens is 322 g/mol. The summed E-state index contributed by atoms with van der Waals surface area (Å²) >= 11 is 1.35. The summed E-state index contributed by atoms with van der Waals surface area (Å²) in [7, 11) is 0. The molecule has 1 amide bonds. The Hall–Kier alpha value is -2.60. The van der Waals surface area contributed by atoms with E-state index in [1.807, 2.05) is 42.5 Å². The Labute approximate surface area is 144 Å². The summed E-state index contributed by atoms with van der Waals surface area (Å²) < 4.78 is 5.74. The summed E-state index contributed by atoms with van der Waals surface area (Å²) in [6, 6.07) is 17.9. The number of amides is 1. The van der Waals surface area contributed by atoms with E-state index in [2.05, 4.69) is 27.7 Å². The molecule has 2 aromatic rings. The lowest BCUT2D eigenvalue weighted by Gasteiger charge is -2.06. The van der Waals surface area contributed by atoms with Crippen LogP contribution < -0.4 is 10.1 Å². The lowest BCUT2D eigenvalue weighted by Crippen LogP contribution is -2.19. The zero-order valence-corrected chi connectivity index (χ0v) is 13.8. The molecule has 3 rings (SSSR count). The number of amidine groups is 1. The van der Waals surface area contributed by atoms with Crippen molar-refractivity contribution in [3.8, 4) is 5.75 Å². The molecule has 1 aliphatic rings. The second kappa shape index (κ2) is 8.31. The van der Waals surface area contributed by atoms with Gasteiger partial charge in [-0.15, -0.1) is 5.10 Å². The van der Waals surface area contributed by atoms with Gasteiger partial charge in [-0.25, -0.2) is 0 Å². The molecule has 0 spiro atoms. The predicted molar refractivity (Wildman–Crippen MR) is 97.7 cm³/mol. The van der Waals surface area contributed by atoms with Crippen LogP contribution in [0, 0.1) is 0 Å². The summed E-state index contributed by atoms with van der Waals surface area (Å²) in [5.41, 5.74) is 2.18. The van der Waals surface area contributed by atoms with E-state index >= 15 is 0 Å². The van der Waals surface area contributed by atoms with E-state index in [1.54, 1.807) is 6.21 Å². The summed E-state index contributed by atoms with van der Waals surface area (Å²) in [6.45, 7) is 0.641. The van der Waals surface area contributed by atoms with Gasteiger partial charge in [0, 0.05) is 6.42 Å². The molecule has 0 bridgehead atoms. The van der Waals surface area contributed by atoms with Gasteiger partial charge in [-0.3, -0.25) is 4.79 Å². The van der Waals surface area contributed by atoms with E-state index in [-0.39, 0.29) is 5.91 Å². The van der Waals surface area contributed by atoms with Crippen LogP contribution in [0.5, 0.6) is 5.75 Å². The van der Waals surface area contributed by atoms with E-state index < -0.39 is 0 Å². The Morgan fingerprint density at radius 3 is 2.62 bits per heavy atom. The van der Waals surface area contributed by atoms with Gasteiger partial charge in [0.05, 0.1) is 18.6 Å². The number of benzene rings is 2. The van der Waals surface area contributed by atoms with Crippen LogP contribution in [-0.4, -0.2) is 29.6 Å². The van der Waals surface area contributed by atoms with E-state index in [1.165, 1.54) is 17.3 Å². The highest BCUT2D eigenvalue weighted by Gasteiger charge is 2.15. The molecule has 0 aliphatic carbocycles. The fraction of sp³-hybridized carbons (Fsp3) is 0.167. The smallest absolute Gasteiger partial charge is 0.236 e. The second-order valence-electron chi connectivity index (χ2n) is 5.14. The van der Waals surface area contributed by atoms with Gasteiger partial charge < -0.3 is 10.1 Å². The molecule has 122 valence electrons. The van der Waals surface area contributed by atoms with Crippen LogP contribution >= 0.6 is 11.8 Å². The average Bonchev–Trinajstić information content (AvgIpc) is 3.03. The number of carbonyl (C=O) groups is 1. The van der Waals surface area contributed by atoms with Crippen LogP contribution in [0.4, 0.5) is 0 Å². The van der Waals surface area contributed by atoms with Gasteiger partial charge in [0.25, 0.3) is 0 Å². The Balaban J connectivity index is 1.47. The minimum absolute atomic E-state index is 0.0362. The molecule has 0 atom stereocenters. The van der Waals surface area contributed by atoms with E-state index in [9.17, 15) is 4.79 Å².